The van der Waals surface area contributed by atoms with Crippen molar-refractivity contribution in [2.75, 3.05) is 11.1 Å². The van der Waals surface area contributed by atoms with Gasteiger partial charge in [0.05, 0.1) is 16.7 Å². The minimum Gasteiger partial charge on any atom is -0.486 e. The Balaban J connectivity index is 2.34. The number of hydrogen-bond acceptors (Lipinski definition) is 5. The molecule has 0 spiro atoms. The molecule has 3 N–H and O–H groups in total. The topological polar surface area (TPSA) is 64.3 Å². The summed E-state index contributed by atoms with van der Waals surface area (Å²) in [5, 5.41) is 4.40. The maximum absolute atomic E-state index is 11.7. The van der Waals surface area contributed by atoms with Gasteiger partial charge in [0, 0.05) is 12.5 Å². The largest absolute Gasteiger partial charge is 0.486 e. The van der Waals surface area contributed by atoms with E-state index in [2.05, 4.69) is 19.2 Å². The summed E-state index contributed by atoms with van der Waals surface area (Å²) in [4.78, 5) is 12.3. The van der Waals surface area contributed by atoms with Gasteiger partial charge >= 0.3 is 0 Å². The second-order valence-electron chi connectivity index (χ2n) is 6.35. The Kier molecular flexibility index (Phi) is 4.00. The lowest BCUT2D eigenvalue weighted by atomic mass is 9.99. The summed E-state index contributed by atoms with van der Waals surface area (Å²) in [6.45, 7) is 9.83. The monoisotopic (exact) mass is 296 g/mol. The number of nitrogens with one attached hydrogen (secondary N) is 1. The first-order valence-electron chi connectivity index (χ1n) is 7.10. The molecule has 20 heavy (non-hydrogen) atoms. The van der Waals surface area contributed by atoms with E-state index in [1.807, 2.05) is 13.8 Å². The van der Waals surface area contributed by atoms with Crippen LogP contribution in [0, 0.1) is 5.92 Å². The standard InChI is InChI=1S/C15H24N2O2S/c1-8(2)19-12-11(16)13(9(3)18)20-14(12)17-15(4,5)10-6-7-10/h8,10,17H,6-7,16H2,1-5H3. The zero-order valence-electron chi connectivity index (χ0n) is 12.9. The van der Waals surface area contributed by atoms with Gasteiger partial charge in [-0.1, -0.05) is 0 Å². The number of anilines is 2. The van der Waals surface area contributed by atoms with Crippen molar-refractivity contribution in [1.82, 2.24) is 0 Å². The fourth-order valence-corrected chi connectivity index (χ4v) is 3.44. The molecule has 0 radical (unpaired) electrons. The highest BCUT2D eigenvalue weighted by molar-refractivity contribution is 7.19. The van der Waals surface area contributed by atoms with Crippen molar-refractivity contribution in [3.8, 4) is 5.75 Å². The predicted octanol–water partition coefficient (Wildman–Crippen LogP) is 3.92. The van der Waals surface area contributed by atoms with E-state index < -0.39 is 0 Å². The molecular formula is C15H24N2O2S. The number of nitrogen functional groups attached to an aromatic ring is 1. The summed E-state index contributed by atoms with van der Waals surface area (Å²) >= 11 is 1.40. The van der Waals surface area contributed by atoms with Crippen molar-refractivity contribution in [1.29, 1.82) is 0 Å². The van der Waals surface area contributed by atoms with Crippen LogP contribution in [0.15, 0.2) is 0 Å². The second kappa shape index (κ2) is 5.28. The minimum absolute atomic E-state index is 0.000438. The lowest BCUT2D eigenvalue weighted by molar-refractivity contribution is 0.102. The Labute approximate surface area is 124 Å². The van der Waals surface area contributed by atoms with Crippen LogP contribution in [0.1, 0.15) is 57.1 Å². The van der Waals surface area contributed by atoms with Gasteiger partial charge < -0.3 is 15.8 Å². The molecular weight excluding hydrogens is 272 g/mol. The molecule has 0 saturated heterocycles. The molecule has 1 aromatic rings. The molecule has 1 aliphatic carbocycles. The predicted molar refractivity (Wildman–Crippen MR) is 84.9 cm³/mol. The van der Waals surface area contributed by atoms with Crippen molar-refractivity contribution >= 4 is 27.8 Å². The van der Waals surface area contributed by atoms with Crippen LogP contribution < -0.4 is 15.8 Å². The van der Waals surface area contributed by atoms with E-state index in [1.165, 1.54) is 31.1 Å². The molecule has 1 fully saturated rings. The van der Waals surface area contributed by atoms with E-state index in [0.717, 1.165) is 5.00 Å². The summed E-state index contributed by atoms with van der Waals surface area (Å²) in [5.41, 5.74) is 6.55. The first kappa shape index (κ1) is 15.2. The lowest BCUT2D eigenvalue weighted by Crippen LogP contribution is -2.33. The number of carbonyl (C=O) groups excluding carboxylic acids is 1. The fraction of sp³-hybridized carbons (Fsp3) is 0.667. The number of hydrogen-bond donors (Lipinski definition) is 2. The van der Waals surface area contributed by atoms with Crippen molar-refractivity contribution in [2.45, 2.75) is 59.1 Å². The quantitative estimate of drug-likeness (QED) is 0.781. The minimum atomic E-state index is -0.0154. The number of nitrogens with two attached hydrogens (primary N) is 1. The Morgan fingerprint density at radius 3 is 2.50 bits per heavy atom. The molecule has 4 nitrogen and oxygen atoms in total. The van der Waals surface area contributed by atoms with Gasteiger partial charge in [0.25, 0.3) is 0 Å². The SMILES string of the molecule is CC(=O)c1sc(NC(C)(C)C2CC2)c(OC(C)C)c1N. The fourth-order valence-electron chi connectivity index (χ4n) is 2.33. The van der Waals surface area contributed by atoms with Crippen LogP contribution in [0.25, 0.3) is 0 Å². The summed E-state index contributed by atoms with van der Waals surface area (Å²) in [6.07, 6.45) is 2.53. The van der Waals surface area contributed by atoms with Gasteiger partial charge in [0.2, 0.25) is 0 Å². The zero-order valence-corrected chi connectivity index (χ0v) is 13.7. The highest BCUT2D eigenvalue weighted by atomic mass is 32.1. The van der Waals surface area contributed by atoms with Crippen molar-refractivity contribution in [3.05, 3.63) is 4.88 Å². The molecule has 0 atom stereocenters. The molecule has 1 aliphatic rings. The summed E-state index contributed by atoms with van der Waals surface area (Å²) < 4.78 is 5.82. The summed E-state index contributed by atoms with van der Waals surface area (Å²) in [7, 11) is 0. The van der Waals surface area contributed by atoms with Crippen LogP contribution in [0.5, 0.6) is 5.75 Å². The average Bonchev–Trinajstić information content (AvgIpc) is 3.10. The number of carbonyl (C=O) groups is 1. The third-order valence-electron chi connectivity index (χ3n) is 3.61. The van der Waals surface area contributed by atoms with Crippen molar-refractivity contribution < 1.29 is 9.53 Å². The Morgan fingerprint density at radius 1 is 1.45 bits per heavy atom. The number of Topliss-reactive ketones (excluding diaryl/α,β-unsaturated/α-hetero) is 1. The molecule has 1 heterocycles. The van der Waals surface area contributed by atoms with Gasteiger partial charge in [-0.2, -0.15) is 0 Å². The highest BCUT2D eigenvalue weighted by Crippen LogP contribution is 2.48. The van der Waals surface area contributed by atoms with Gasteiger partial charge in [-0.15, -0.1) is 11.3 Å². The van der Waals surface area contributed by atoms with Crippen LogP contribution in [-0.2, 0) is 0 Å². The maximum Gasteiger partial charge on any atom is 0.177 e. The van der Waals surface area contributed by atoms with E-state index in [9.17, 15) is 4.79 Å². The average molecular weight is 296 g/mol. The van der Waals surface area contributed by atoms with Gasteiger partial charge in [-0.25, -0.2) is 0 Å². The van der Waals surface area contributed by atoms with Gasteiger partial charge in [-0.3, -0.25) is 4.79 Å². The van der Waals surface area contributed by atoms with Crippen LogP contribution in [-0.4, -0.2) is 17.4 Å². The molecule has 0 aliphatic heterocycles. The van der Waals surface area contributed by atoms with Crippen LogP contribution in [0.3, 0.4) is 0 Å². The normalized spacial score (nSPS) is 15.5. The number of thiophene rings is 1. The Hall–Kier alpha value is -1.23. The van der Waals surface area contributed by atoms with Crippen LogP contribution in [0.2, 0.25) is 0 Å². The molecule has 0 bridgehead atoms. The van der Waals surface area contributed by atoms with E-state index in [0.29, 0.717) is 22.2 Å². The molecule has 2 rings (SSSR count). The van der Waals surface area contributed by atoms with E-state index in [1.54, 1.807) is 0 Å². The third-order valence-corrected chi connectivity index (χ3v) is 4.81. The molecule has 112 valence electrons. The van der Waals surface area contributed by atoms with Gasteiger partial charge in [-0.05, 0) is 46.5 Å². The number of ether oxygens (including phenoxy) is 1. The number of ketones is 1. The van der Waals surface area contributed by atoms with Gasteiger partial charge in [0.1, 0.15) is 5.00 Å². The molecule has 5 heteroatoms. The highest BCUT2D eigenvalue weighted by Gasteiger charge is 2.39. The van der Waals surface area contributed by atoms with E-state index >= 15 is 0 Å². The van der Waals surface area contributed by atoms with Crippen LogP contribution in [0.4, 0.5) is 10.7 Å². The Bertz CT molecular complexity index is 516. The first-order valence-corrected chi connectivity index (χ1v) is 7.92. The molecule has 0 unspecified atom stereocenters. The smallest absolute Gasteiger partial charge is 0.177 e. The number of rotatable bonds is 6. The lowest BCUT2D eigenvalue weighted by Gasteiger charge is -2.27. The van der Waals surface area contributed by atoms with Crippen LogP contribution >= 0.6 is 11.3 Å². The zero-order chi connectivity index (χ0) is 15.1. The summed E-state index contributed by atoms with van der Waals surface area (Å²) in [5.74, 6) is 1.29. The molecule has 0 amide bonds. The molecule has 1 aromatic heterocycles. The Morgan fingerprint density at radius 2 is 2.05 bits per heavy atom. The van der Waals surface area contributed by atoms with E-state index in [4.69, 9.17) is 10.5 Å². The van der Waals surface area contributed by atoms with Gasteiger partial charge in [0.15, 0.2) is 11.5 Å². The third kappa shape index (κ3) is 3.08. The molecule has 0 aromatic carbocycles. The summed E-state index contributed by atoms with van der Waals surface area (Å²) in [6, 6.07) is 0. The first-order chi connectivity index (χ1) is 9.22. The second-order valence-corrected chi connectivity index (χ2v) is 7.37. The van der Waals surface area contributed by atoms with E-state index in [-0.39, 0.29) is 17.4 Å². The van der Waals surface area contributed by atoms with Crippen molar-refractivity contribution in [3.63, 3.8) is 0 Å². The maximum atomic E-state index is 11.7. The molecule has 1 saturated carbocycles. The van der Waals surface area contributed by atoms with Crippen molar-refractivity contribution in [2.24, 2.45) is 5.92 Å².